The third kappa shape index (κ3) is 3.34. The van der Waals surface area contributed by atoms with Gasteiger partial charge in [0.25, 0.3) is 0 Å². The summed E-state index contributed by atoms with van der Waals surface area (Å²) in [6, 6.07) is -0.347. The molecule has 0 aromatic carbocycles. The lowest BCUT2D eigenvalue weighted by Crippen LogP contribution is -2.58. The van der Waals surface area contributed by atoms with Crippen LogP contribution in [0.4, 0.5) is 0 Å². The Morgan fingerprint density at radius 1 is 1.20 bits per heavy atom. The van der Waals surface area contributed by atoms with Crippen molar-refractivity contribution in [3.63, 3.8) is 0 Å². The van der Waals surface area contributed by atoms with E-state index in [1.165, 1.54) is 6.42 Å². The van der Waals surface area contributed by atoms with Crippen molar-refractivity contribution in [2.24, 2.45) is 17.8 Å². The molecule has 4 fully saturated rings. The normalized spacial score (nSPS) is 38.0. The van der Waals surface area contributed by atoms with Crippen LogP contribution in [0.25, 0.3) is 0 Å². The Morgan fingerprint density at radius 3 is 2.60 bits per heavy atom. The molecule has 1 spiro atoms. The molecule has 4 aliphatic rings. The number of aliphatic hydroxyl groups is 1. The minimum atomic E-state index is -0.532. The van der Waals surface area contributed by atoms with E-state index in [0.29, 0.717) is 19.4 Å². The molecule has 0 aromatic heterocycles. The Labute approximate surface area is 183 Å². The summed E-state index contributed by atoms with van der Waals surface area (Å²) in [4.78, 5) is 41.8. The summed E-state index contributed by atoms with van der Waals surface area (Å²) in [5.41, 5.74) is 0. The van der Waals surface area contributed by atoms with Gasteiger partial charge in [-0.2, -0.15) is 0 Å². The van der Waals surface area contributed by atoms with Crippen molar-refractivity contribution in [3.05, 3.63) is 0 Å². The molecule has 0 radical (unpaired) electrons. The predicted octanol–water partition coefficient (Wildman–Crippen LogP) is 1.29. The van der Waals surface area contributed by atoms with Crippen LogP contribution in [-0.4, -0.2) is 70.0 Å². The Hall–Kier alpha value is -1.28. The van der Waals surface area contributed by atoms with Crippen LogP contribution in [0.1, 0.15) is 58.3 Å². The first-order valence-electron chi connectivity index (χ1n) is 11.6. The first-order chi connectivity index (χ1) is 14.5. The van der Waals surface area contributed by atoms with Gasteiger partial charge < -0.3 is 20.6 Å². The molecule has 8 heteroatoms. The SMILES string of the molecule is CNC(=O)[C@@H]1[C@H]2C(=O)N(CCCCO)C(C(=O)NC3CCCCC3)C23S[C@@H]1CC3C. The van der Waals surface area contributed by atoms with Crippen molar-refractivity contribution in [2.75, 3.05) is 20.2 Å². The van der Waals surface area contributed by atoms with Gasteiger partial charge in [0.1, 0.15) is 6.04 Å². The quantitative estimate of drug-likeness (QED) is 0.522. The summed E-state index contributed by atoms with van der Waals surface area (Å²) < 4.78 is -0.531. The fourth-order valence-electron chi connectivity index (χ4n) is 6.45. The van der Waals surface area contributed by atoms with E-state index >= 15 is 0 Å². The van der Waals surface area contributed by atoms with Gasteiger partial charge in [-0.25, -0.2) is 0 Å². The van der Waals surface area contributed by atoms with Gasteiger partial charge in [-0.3, -0.25) is 14.4 Å². The number of thioether (sulfide) groups is 1. The van der Waals surface area contributed by atoms with E-state index in [9.17, 15) is 19.5 Å². The third-order valence-electron chi connectivity index (χ3n) is 7.80. The van der Waals surface area contributed by atoms with E-state index in [0.717, 1.165) is 32.1 Å². The summed E-state index contributed by atoms with van der Waals surface area (Å²) >= 11 is 1.72. The maximum atomic E-state index is 13.7. The van der Waals surface area contributed by atoms with E-state index in [2.05, 4.69) is 17.6 Å². The van der Waals surface area contributed by atoms with Gasteiger partial charge in [-0.05, 0) is 38.0 Å². The Kier molecular flexibility index (Phi) is 6.35. The van der Waals surface area contributed by atoms with E-state index in [1.54, 1.807) is 23.7 Å². The average molecular weight is 438 g/mol. The van der Waals surface area contributed by atoms with Crippen molar-refractivity contribution in [3.8, 4) is 0 Å². The first kappa shape index (κ1) is 21.9. The molecule has 3 amide bonds. The molecule has 1 aliphatic carbocycles. The fraction of sp³-hybridized carbons (Fsp3) is 0.864. The highest BCUT2D eigenvalue weighted by atomic mass is 32.2. The number of nitrogens with zero attached hydrogens (tertiary/aromatic N) is 1. The smallest absolute Gasteiger partial charge is 0.244 e. The van der Waals surface area contributed by atoms with Crippen LogP contribution in [0.2, 0.25) is 0 Å². The van der Waals surface area contributed by atoms with Crippen molar-refractivity contribution in [1.82, 2.24) is 15.5 Å². The summed E-state index contributed by atoms with van der Waals surface area (Å²) in [5.74, 6) is -0.772. The average Bonchev–Trinajstić information content (AvgIpc) is 3.32. The number of amides is 3. The molecule has 3 N–H and O–H groups in total. The number of fused-ring (bicyclic) bond motifs is 1. The van der Waals surface area contributed by atoms with Crippen LogP contribution in [0.3, 0.4) is 0 Å². The molecule has 30 heavy (non-hydrogen) atoms. The Bertz CT molecular complexity index is 698. The Balaban J connectivity index is 1.66. The lowest BCUT2D eigenvalue weighted by molar-refractivity contribution is -0.140. The number of aliphatic hydroxyl groups excluding tert-OH is 1. The molecule has 4 rings (SSSR count). The number of carbonyl (C=O) groups excluding carboxylic acids is 3. The lowest BCUT2D eigenvalue weighted by atomic mass is 9.66. The van der Waals surface area contributed by atoms with Gasteiger partial charge in [0.15, 0.2) is 0 Å². The van der Waals surface area contributed by atoms with Gasteiger partial charge in [0, 0.05) is 31.5 Å². The van der Waals surface area contributed by atoms with Gasteiger partial charge >= 0.3 is 0 Å². The summed E-state index contributed by atoms with van der Waals surface area (Å²) in [6.45, 7) is 2.67. The van der Waals surface area contributed by atoms with E-state index in [1.807, 2.05) is 0 Å². The summed E-state index contributed by atoms with van der Waals surface area (Å²) in [5, 5.41) is 15.3. The second-order valence-electron chi connectivity index (χ2n) is 9.47. The molecule has 7 nitrogen and oxygen atoms in total. The number of hydrogen-bond donors (Lipinski definition) is 3. The molecule has 3 aliphatic heterocycles. The van der Waals surface area contributed by atoms with Crippen LogP contribution >= 0.6 is 11.8 Å². The number of likely N-dealkylation sites (tertiary alicyclic amines) is 1. The van der Waals surface area contributed by atoms with Crippen molar-refractivity contribution < 1.29 is 19.5 Å². The Morgan fingerprint density at radius 2 is 1.93 bits per heavy atom. The molecule has 6 atom stereocenters. The van der Waals surface area contributed by atoms with Gasteiger partial charge in [-0.1, -0.05) is 26.2 Å². The summed E-state index contributed by atoms with van der Waals surface area (Å²) in [7, 11) is 1.63. The molecular weight excluding hydrogens is 402 g/mol. The standard InChI is InChI=1S/C22H35N3O4S/c1-13-12-15-16(19(27)23-2)17-21(29)25(10-6-7-11-26)18(22(13,17)30-15)20(28)24-14-8-4-3-5-9-14/h13-18,26H,3-12H2,1-2H3,(H,23,27)(H,24,28)/t13?,15-,16+,17+,18?,22?/m1/s1. The molecule has 3 unspecified atom stereocenters. The first-order valence-corrected chi connectivity index (χ1v) is 12.4. The van der Waals surface area contributed by atoms with Crippen LogP contribution in [0.5, 0.6) is 0 Å². The van der Waals surface area contributed by atoms with Crippen molar-refractivity contribution in [2.45, 2.75) is 80.4 Å². The molecular formula is C22H35N3O4S. The van der Waals surface area contributed by atoms with Crippen molar-refractivity contribution >= 4 is 29.5 Å². The maximum Gasteiger partial charge on any atom is 0.244 e. The zero-order valence-corrected chi connectivity index (χ0v) is 18.9. The maximum absolute atomic E-state index is 13.7. The number of carbonyl (C=O) groups is 3. The molecule has 2 bridgehead atoms. The number of rotatable bonds is 7. The number of nitrogens with one attached hydrogen (secondary N) is 2. The van der Waals surface area contributed by atoms with Crippen LogP contribution in [0, 0.1) is 17.8 Å². The van der Waals surface area contributed by atoms with Crippen LogP contribution < -0.4 is 10.6 Å². The highest BCUT2D eigenvalue weighted by Crippen LogP contribution is 2.68. The number of hydrogen-bond acceptors (Lipinski definition) is 5. The van der Waals surface area contributed by atoms with Crippen molar-refractivity contribution in [1.29, 1.82) is 0 Å². The fourth-order valence-corrected chi connectivity index (χ4v) is 8.87. The summed E-state index contributed by atoms with van der Waals surface area (Å²) in [6.07, 6.45) is 7.61. The van der Waals surface area contributed by atoms with E-state index in [-0.39, 0.29) is 47.5 Å². The van der Waals surface area contributed by atoms with Crippen LogP contribution in [0.15, 0.2) is 0 Å². The molecule has 168 valence electrons. The van der Waals surface area contributed by atoms with Gasteiger partial charge in [0.05, 0.1) is 16.6 Å². The second-order valence-corrected chi connectivity index (χ2v) is 11.0. The third-order valence-corrected chi connectivity index (χ3v) is 9.88. The molecule has 3 saturated heterocycles. The zero-order valence-electron chi connectivity index (χ0n) is 18.1. The second kappa shape index (κ2) is 8.69. The minimum Gasteiger partial charge on any atom is -0.396 e. The lowest BCUT2D eigenvalue weighted by Gasteiger charge is -2.39. The molecule has 3 heterocycles. The largest absolute Gasteiger partial charge is 0.396 e. The molecule has 0 aromatic rings. The highest BCUT2D eigenvalue weighted by molar-refractivity contribution is 8.02. The predicted molar refractivity (Wildman–Crippen MR) is 116 cm³/mol. The monoisotopic (exact) mass is 437 g/mol. The highest BCUT2D eigenvalue weighted by Gasteiger charge is 2.75. The van der Waals surface area contributed by atoms with E-state index < -0.39 is 16.7 Å². The van der Waals surface area contributed by atoms with Gasteiger partial charge in [-0.15, -0.1) is 11.8 Å². The minimum absolute atomic E-state index is 0.0423. The van der Waals surface area contributed by atoms with E-state index in [4.69, 9.17) is 0 Å². The topological polar surface area (TPSA) is 98.7 Å². The van der Waals surface area contributed by atoms with Gasteiger partial charge in [0.2, 0.25) is 17.7 Å². The zero-order chi connectivity index (χ0) is 21.5. The molecule has 1 saturated carbocycles. The number of unbranched alkanes of at least 4 members (excludes halogenated alkanes) is 1. The van der Waals surface area contributed by atoms with Crippen LogP contribution in [-0.2, 0) is 14.4 Å².